The third-order valence-corrected chi connectivity index (χ3v) is 3.08. The van der Waals surface area contributed by atoms with Gasteiger partial charge in [-0.15, -0.1) is 0 Å². The van der Waals surface area contributed by atoms with E-state index in [1.54, 1.807) is 12.1 Å². The van der Waals surface area contributed by atoms with E-state index in [1.165, 1.54) is 11.1 Å². The molecule has 21 heavy (non-hydrogen) atoms. The molecule has 0 radical (unpaired) electrons. The standard InChI is InChI=1S/C15H16O.H2O4S/c1-15(2,12-6-4-3-5-7-12)13-8-10-14(16)11-9-13;1-5(2,3)4/h3-11,16H,1-2H3;(H2,1,2,3,4). The van der Waals surface area contributed by atoms with Crippen LogP contribution >= 0.6 is 0 Å². The fraction of sp³-hybridized carbons (Fsp3) is 0.200. The minimum absolute atomic E-state index is 0.0328. The van der Waals surface area contributed by atoms with Crippen molar-refractivity contribution in [3.8, 4) is 5.75 Å². The van der Waals surface area contributed by atoms with Crippen LogP contribution in [0.25, 0.3) is 0 Å². The molecule has 2 aromatic carbocycles. The fourth-order valence-electron chi connectivity index (χ4n) is 1.90. The largest absolute Gasteiger partial charge is 0.508 e. The SMILES string of the molecule is CC(C)(c1ccccc1)c1ccc(O)cc1.O=S(=O)(O)O. The van der Waals surface area contributed by atoms with Crippen molar-refractivity contribution in [3.05, 3.63) is 65.7 Å². The molecule has 0 aliphatic carbocycles. The molecule has 0 atom stereocenters. The minimum Gasteiger partial charge on any atom is -0.508 e. The molecule has 114 valence electrons. The van der Waals surface area contributed by atoms with E-state index in [1.807, 2.05) is 18.2 Å². The molecule has 0 amide bonds. The Morgan fingerprint density at radius 2 is 1.19 bits per heavy atom. The summed E-state index contributed by atoms with van der Waals surface area (Å²) in [7, 11) is -4.67. The smallest absolute Gasteiger partial charge is 0.394 e. The number of benzene rings is 2. The van der Waals surface area contributed by atoms with Gasteiger partial charge in [-0.1, -0.05) is 56.3 Å². The van der Waals surface area contributed by atoms with Gasteiger partial charge in [-0.25, -0.2) is 0 Å². The van der Waals surface area contributed by atoms with E-state index in [0.29, 0.717) is 5.75 Å². The van der Waals surface area contributed by atoms with Gasteiger partial charge in [0.05, 0.1) is 0 Å². The predicted octanol–water partition coefficient (Wildman–Crippen LogP) is 3.07. The number of phenolic OH excluding ortho intramolecular Hbond substituents is 1. The first-order valence-electron chi connectivity index (χ1n) is 6.15. The second-order valence-electron chi connectivity index (χ2n) is 4.99. The summed E-state index contributed by atoms with van der Waals surface area (Å²) in [5.74, 6) is 0.313. The van der Waals surface area contributed by atoms with Gasteiger partial charge in [0.2, 0.25) is 0 Å². The minimum atomic E-state index is -4.67. The van der Waals surface area contributed by atoms with Crippen molar-refractivity contribution >= 4 is 10.4 Å². The zero-order valence-electron chi connectivity index (χ0n) is 11.8. The first-order chi connectivity index (χ1) is 9.60. The molecule has 0 unspecified atom stereocenters. The highest BCUT2D eigenvalue weighted by molar-refractivity contribution is 7.79. The summed E-state index contributed by atoms with van der Waals surface area (Å²) in [6.45, 7) is 4.38. The van der Waals surface area contributed by atoms with Crippen molar-refractivity contribution in [2.75, 3.05) is 0 Å². The van der Waals surface area contributed by atoms with Crippen LogP contribution in [0.3, 0.4) is 0 Å². The van der Waals surface area contributed by atoms with Gasteiger partial charge in [0.1, 0.15) is 5.75 Å². The zero-order valence-corrected chi connectivity index (χ0v) is 12.6. The highest BCUT2D eigenvalue weighted by atomic mass is 32.3. The first-order valence-corrected chi connectivity index (χ1v) is 7.55. The van der Waals surface area contributed by atoms with Crippen LogP contribution in [-0.2, 0) is 15.8 Å². The second kappa shape index (κ2) is 6.71. The quantitative estimate of drug-likeness (QED) is 0.741. The van der Waals surface area contributed by atoms with Crippen molar-refractivity contribution in [1.29, 1.82) is 0 Å². The molecule has 0 aromatic heterocycles. The van der Waals surface area contributed by atoms with Crippen LogP contribution in [0.2, 0.25) is 0 Å². The van der Waals surface area contributed by atoms with E-state index in [4.69, 9.17) is 17.5 Å². The molecule has 2 aromatic rings. The van der Waals surface area contributed by atoms with Crippen molar-refractivity contribution in [2.45, 2.75) is 19.3 Å². The van der Waals surface area contributed by atoms with Crippen LogP contribution < -0.4 is 0 Å². The molecule has 0 saturated carbocycles. The number of hydrogen-bond acceptors (Lipinski definition) is 3. The average molecular weight is 310 g/mol. The maximum absolute atomic E-state index is 9.29. The molecule has 0 fully saturated rings. The van der Waals surface area contributed by atoms with Gasteiger partial charge in [0, 0.05) is 5.41 Å². The summed E-state index contributed by atoms with van der Waals surface area (Å²) in [6, 6.07) is 17.8. The predicted molar refractivity (Wildman–Crippen MR) is 80.9 cm³/mol. The molecule has 0 aliphatic heterocycles. The van der Waals surface area contributed by atoms with Crippen LogP contribution in [-0.4, -0.2) is 22.6 Å². The third-order valence-electron chi connectivity index (χ3n) is 3.08. The Kier molecular flexibility index (Phi) is 5.48. The van der Waals surface area contributed by atoms with E-state index in [-0.39, 0.29) is 5.41 Å². The van der Waals surface area contributed by atoms with Crippen molar-refractivity contribution in [1.82, 2.24) is 0 Å². The van der Waals surface area contributed by atoms with Gasteiger partial charge in [0.25, 0.3) is 0 Å². The van der Waals surface area contributed by atoms with Crippen molar-refractivity contribution in [3.63, 3.8) is 0 Å². The summed E-state index contributed by atoms with van der Waals surface area (Å²) >= 11 is 0. The lowest BCUT2D eigenvalue weighted by atomic mass is 9.78. The van der Waals surface area contributed by atoms with Crippen LogP contribution in [0.15, 0.2) is 54.6 Å². The molecule has 0 spiro atoms. The van der Waals surface area contributed by atoms with Crippen LogP contribution in [0, 0.1) is 0 Å². The number of aromatic hydroxyl groups is 1. The van der Waals surface area contributed by atoms with E-state index in [0.717, 1.165) is 0 Å². The molecule has 6 heteroatoms. The topological polar surface area (TPSA) is 94.8 Å². The lowest BCUT2D eigenvalue weighted by molar-refractivity contribution is 0.381. The van der Waals surface area contributed by atoms with Crippen LogP contribution in [0.4, 0.5) is 0 Å². The van der Waals surface area contributed by atoms with Gasteiger partial charge in [0.15, 0.2) is 0 Å². The lowest BCUT2D eigenvalue weighted by Crippen LogP contribution is -2.18. The van der Waals surface area contributed by atoms with Gasteiger partial charge >= 0.3 is 10.4 Å². The molecule has 5 nitrogen and oxygen atoms in total. The number of hydrogen-bond donors (Lipinski definition) is 3. The lowest BCUT2D eigenvalue weighted by Gasteiger charge is -2.26. The Balaban J connectivity index is 0.000000383. The molecule has 0 heterocycles. The first kappa shape index (κ1) is 17.2. The van der Waals surface area contributed by atoms with Gasteiger partial charge in [-0.2, -0.15) is 8.42 Å². The Labute approximate surface area is 124 Å². The maximum Gasteiger partial charge on any atom is 0.394 e. The Morgan fingerprint density at radius 3 is 1.62 bits per heavy atom. The second-order valence-corrected chi connectivity index (χ2v) is 5.88. The van der Waals surface area contributed by atoms with Crippen LogP contribution in [0.1, 0.15) is 25.0 Å². The van der Waals surface area contributed by atoms with E-state index in [2.05, 4.69) is 38.1 Å². The monoisotopic (exact) mass is 310 g/mol. The van der Waals surface area contributed by atoms with E-state index < -0.39 is 10.4 Å². The zero-order chi connectivity index (χ0) is 16.1. The van der Waals surface area contributed by atoms with Crippen LogP contribution in [0.5, 0.6) is 5.75 Å². The highest BCUT2D eigenvalue weighted by Crippen LogP contribution is 2.31. The van der Waals surface area contributed by atoms with Crippen molar-refractivity contribution < 1.29 is 22.6 Å². The van der Waals surface area contributed by atoms with Crippen molar-refractivity contribution in [2.24, 2.45) is 0 Å². The van der Waals surface area contributed by atoms with Gasteiger partial charge in [-0.3, -0.25) is 9.11 Å². The normalized spacial score (nSPS) is 11.4. The fourth-order valence-corrected chi connectivity index (χ4v) is 1.90. The molecular weight excluding hydrogens is 292 g/mol. The molecular formula is C15H18O5S. The molecule has 0 saturated heterocycles. The average Bonchev–Trinajstić information content (AvgIpc) is 2.38. The highest BCUT2D eigenvalue weighted by Gasteiger charge is 2.22. The van der Waals surface area contributed by atoms with Gasteiger partial charge in [-0.05, 0) is 23.3 Å². The molecule has 3 N–H and O–H groups in total. The molecule has 2 rings (SSSR count). The summed E-state index contributed by atoms with van der Waals surface area (Å²) in [5.41, 5.74) is 2.45. The van der Waals surface area contributed by atoms with E-state index >= 15 is 0 Å². The number of phenols is 1. The Bertz CT molecular complexity index is 653. The summed E-state index contributed by atoms with van der Waals surface area (Å²) in [4.78, 5) is 0. The molecule has 0 aliphatic rings. The third kappa shape index (κ3) is 5.95. The molecule has 0 bridgehead atoms. The summed E-state index contributed by atoms with van der Waals surface area (Å²) in [5, 5.41) is 9.29. The van der Waals surface area contributed by atoms with Gasteiger partial charge < -0.3 is 5.11 Å². The Morgan fingerprint density at radius 1 is 0.810 bits per heavy atom. The maximum atomic E-state index is 9.29. The summed E-state index contributed by atoms with van der Waals surface area (Å²) < 4.78 is 31.6. The van der Waals surface area contributed by atoms with E-state index in [9.17, 15) is 5.11 Å². The summed E-state index contributed by atoms with van der Waals surface area (Å²) in [6.07, 6.45) is 0. The Hall–Kier alpha value is -1.89. The number of rotatable bonds is 2.